The number of benzene rings is 1. The molecule has 3 N–H and O–H groups in total. The topological polar surface area (TPSA) is 83.1 Å². The van der Waals surface area contributed by atoms with E-state index in [-0.39, 0.29) is 24.0 Å². The Bertz CT molecular complexity index is 718. The summed E-state index contributed by atoms with van der Waals surface area (Å²) in [6, 6.07) is 10.7. The molecular formula is C19H24N4O2. The van der Waals surface area contributed by atoms with E-state index in [9.17, 15) is 9.59 Å². The predicted octanol–water partition coefficient (Wildman–Crippen LogP) is 3.55. The van der Waals surface area contributed by atoms with Crippen LogP contribution in [0.4, 0.5) is 10.5 Å². The monoisotopic (exact) mass is 340 g/mol. The molecule has 0 fully saturated rings. The van der Waals surface area contributed by atoms with Crippen LogP contribution in [0, 0.1) is 0 Å². The average Bonchev–Trinajstić information content (AvgIpc) is 2.60. The fourth-order valence-corrected chi connectivity index (χ4v) is 2.59. The number of amides is 3. The van der Waals surface area contributed by atoms with Gasteiger partial charge in [-0.2, -0.15) is 0 Å². The summed E-state index contributed by atoms with van der Waals surface area (Å²) in [5.74, 6) is -0.126. The van der Waals surface area contributed by atoms with Crippen molar-refractivity contribution < 1.29 is 9.59 Å². The Hall–Kier alpha value is -2.89. The van der Waals surface area contributed by atoms with Crippen LogP contribution in [0.3, 0.4) is 0 Å². The first kappa shape index (κ1) is 18.4. The highest BCUT2D eigenvalue weighted by molar-refractivity contribution is 5.88. The zero-order chi connectivity index (χ0) is 18.2. The third kappa shape index (κ3) is 5.60. The number of anilines is 1. The van der Waals surface area contributed by atoms with Crippen molar-refractivity contribution in [3.63, 3.8) is 0 Å². The van der Waals surface area contributed by atoms with Gasteiger partial charge < -0.3 is 16.0 Å². The smallest absolute Gasteiger partial charge is 0.315 e. The maximum atomic E-state index is 12.3. The van der Waals surface area contributed by atoms with E-state index in [4.69, 9.17) is 0 Å². The third-order valence-electron chi connectivity index (χ3n) is 3.88. The van der Waals surface area contributed by atoms with Crippen molar-refractivity contribution in [1.29, 1.82) is 0 Å². The quantitative estimate of drug-likeness (QED) is 0.752. The van der Waals surface area contributed by atoms with E-state index in [1.165, 1.54) is 6.92 Å². The van der Waals surface area contributed by atoms with Gasteiger partial charge >= 0.3 is 6.03 Å². The van der Waals surface area contributed by atoms with Gasteiger partial charge in [-0.15, -0.1) is 0 Å². The molecule has 0 saturated carbocycles. The van der Waals surface area contributed by atoms with Crippen molar-refractivity contribution in [3.05, 3.63) is 59.9 Å². The molecular weight excluding hydrogens is 316 g/mol. The van der Waals surface area contributed by atoms with E-state index in [1.54, 1.807) is 12.4 Å². The highest BCUT2D eigenvalue weighted by Gasteiger charge is 2.15. The minimum Gasteiger partial charge on any atom is -0.332 e. The van der Waals surface area contributed by atoms with E-state index in [1.807, 2.05) is 50.2 Å². The van der Waals surface area contributed by atoms with Gasteiger partial charge in [0.05, 0.1) is 12.1 Å². The van der Waals surface area contributed by atoms with E-state index < -0.39 is 0 Å². The zero-order valence-corrected chi connectivity index (χ0v) is 14.7. The van der Waals surface area contributed by atoms with E-state index in [2.05, 4.69) is 20.9 Å². The second-order valence-electron chi connectivity index (χ2n) is 5.89. The van der Waals surface area contributed by atoms with Gasteiger partial charge in [-0.25, -0.2) is 4.79 Å². The van der Waals surface area contributed by atoms with Gasteiger partial charge in [0, 0.05) is 25.0 Å². The molecule has 3 amide bonds. The summed E-state index contributed by atoms with van der Waals surface area (Å²) in [4.78, 5) is 27.5. The van der Waals surface area contributed by atoms with Gasteiger partial charge in [0.25, 0.3) is 0 Å². The number of carbonyl (C=O) groups excluding carboxylic acids is 2. The summed E-state index contributed by atoms with van der Waals surface area (Å²) in [6.07, 6.45) is 4.21. The van der Waals surface area contributed by atoms with Gasteiger partial charge in [0.2, 0.25) is 5.91 Å². The van der Waals surface area contributed by atoms with E-state index >= 15 is 0 Å². The minimum atomic E-state index is -0.235. The van der Waals surface area contributed by atoms with Crippen LogP contribution in [-0.4, -0.2) is 16.9 Å². The van der Waals surface area contributed by atoms with Crippen LogP contribution in [0.2, 0.25) is 0 Å². The number of carbonyl (C=O) groups is 2. The van der Waals surface area contributed by atoms with Gasteiger partial charge in [-0.3, -0.25) is 9.78 Å². The first-order chi connectivity index (χ1) is 12.0. The summed E-state index contributed by atoms with van der Waals surface area (Å²) < 4.78 is 0. The van der Waals surface area contributed by atoms with Crippen LogP contribution in [0.5, 0.6) is 0 Å². The lowest BCUT2D eigenvalue weighted by atomic mass is 10.1. The fourth-order valence-electron chi connectivity index (χ4n) is 2.59. The van der Waals surface area contributed by atoms with Gasteiger partial charge in [-0.05, 0) is 48.7 Å². The summed E-state index contributed by atoms with van der Waals surface area (Å²) >= 11 is 0. The molecule has 0 aliphatic heterocycles. The van der Waals surface area contributed by atoms with Crippen molar-refractivity contribution in [2.45, 2.75) is 39.3 Å². The SMILES string of the molecule is CC[C@H](NC(=O)N[C@@H](C)c1cccc(NC(C)=O)c1)c1ccncc1. The molecule has 2 aromatic rings. The number of hydrogen-bond acceptors (Lipinski definition) is 3. The van der Waals surface area contributed by atoms with Crippen molar-refractivity contribution in [3.8, 4) is 0 Å². The second-order valence-corrected chi connectivity index (χ2v) is 5.89. The number of rotatable bonds is 6. The molecule has 1 aromatic heterocycles. The molecule has 1 heterocycles. The van der Waals surface area contributed by atoms with Crippen molar-refractivity contribution in [1.82, 2.24) is 15.6 Å². The van der Waals surface area contributed by atoms with Crippen molar-refractivity contribution in [2.24, 2.45) is 0 Å². The summed E-state index contributed by atoms with van der Waals surface area (Å²) in [5.41, 5.74) is 2.65. The first-order valence-corrected chi connectivity index (χ1v) is 8.34. The molecule has 0 saturated heterocycles. The summed E-state index contributed by atoms with van der Waals surface area (Å²) in [6.45, 7) is 5.39. The molecule has 132 valence electrons. The summed E-state index contributed by atoms with van der Waals surface area (Å²) in [5, 5.41) is 8.66. The lowest BCUT2D eigenvalue weighted by Crippen LogP contribution is -2.39. The largest absolute Gasteiger partial charge is 0.332 e. The Balaban J connectivity index is 1.98. The molecule has 6 nitrogen and oxygen atoms in total. The molecule has 0 spiro atoms. The Kier molecular flexibility index (Phi) is 6.51. The van der Waals surface area contributed by atoms with Gasteiger partial charge in [0.15, 0.2) is 0 Å². The van der Waals surface area contributed by atoms with Crippen LogP contribution in [0.25, 0.3) is 0 Å². The predicted molar refractivity (Wildman–Crippen MR) is 98.1 cm³/mol. The lowest BCUT2D eigenvalue weighted by molar-refractivity contribution is -0.114. The molecule has 0 radical (unpaired) electrons. The highest BCUT2D eigenvalue weighted by Crippen LogP contribution is 2.18. The number of nitrogens with zero attached hydrogens (tertiary/aromatic N) is 1. The van der Waals surface area contributed by atoms with E-state index in [0.717, 1.165) is 17.5 Å². The second kappa shape index (κ2) is 8.82. The molecule has 2 rings (SSSR count). The number of hydrogen-bond donors (Lipinski definition) is 3. The van der Waals surface area contributed by atoms with Crippen LogP contribution in [0.15, 0.2) is 48.8 Å². The molecule has 1 aromatic carbocycles. The zero-order valence-electron chi connectivity index (χ0n) is 14.7. The molecule has 0 aliphatic carbocycles. The minimum absolute atomic E-state index is 0.0686. The first-order valence-electron chi connectivity index (χ1n) is 8.34. The third-order valence-corrected chi connectivity index (χ3v) is 3.88. The van der Waals surface area contributed by atoms with E-state index in [0.29, 0.717) is 5.69 Å². The molecule has 2 atom stereocenters. The highest BCUT2D eigenvalue weighted by atomic mass is 16.2. The van der Waals surface area contributed by atoms with Crippen LogP contribution >= 0.6 is 0 Å². The lowest BCUT2D eigenvalue weighted by Gasteiger charge is -2.21. The number of urea groups is 1. The van der Waals surface area contributed by atoms with Crippen LogP contribution in [-0.2, 0) is 4.79 Å². The van der Waals surface area contributed by atoms with Gasteiger partial charge in [0.1, 0.15) is 0 Å². The average molecular weight is 340 g/mol. The Morgan fingerprint density at radius 1 is 1.08 bits per heavy atom. The number of nitrogens with one attached hydrogen (secondary N) is 3. The Morgan fingerprint density at radius 3 is 2.44 bits per heavy atom. The maximum Gasteiger partial charge on any atom is 0.315 e. The molecule has 6 heteroatoms. The molecule has 0 bridgehead atoms. The Morgan fingerprint density at radius 2 is 1.80 bits per heavy atom. The number of aromatic nitrogens is 1. The fraction of sp³-hybridized carbons (Fsp3) is 0.316. The van der Waals surface area contributed by atoms with Crippen LogP contribution < -0.4 is 16.0 Å². The van der Waals surface area contributed by atoms with Gasteiger partial charge in [-0.1, -0.05) is 19.1 Å². The Labute approximate surface area is 148 Å². The molecule has 25 heavy (non-hydrogen) atoms. The molecule has 0 unspecified atom stereocenters. The summed E-state index contributed by atoms with van der Waals surface area (Å²) in [7, 11) is 0. The standard InChI is InChI=1S/C19H24N4O2/c1-4-18(15-8-10-20-11-9-15)23-19(25)21-13(2)16-6-5-7-17(12-16)22-14(3)24/h5-13,18H,4H2,1-3H3,(H,22,24)(H2,21,23,25)/t13-,18-/m0/s1. The number of pyridine rings is 1. The van der Waals surface area contributed by atoms with Crippen molar-refractivity contribution in [2.75, 3.05) is 5.32 Å². The molecule has 0 aliphatic rings. The van der Waals surface area contributed by atoms with Crippen LogP contribution in [0.1, 0.15) is 50.4 Å². The maximum absolute atomic E-state index is 12.3. The normalized spacial score (nSPS) is 12.8. The van der Waals surface area contributed by atoms with Crippen molar-refractivity contribution >= 4 is 17.6 Å².